The summed E-state index contributed by atoms with van der Waals surface area (Å²) in [6.07, 6.45) is 3.06. The Morgan fingerprint density at radius 3 is 2.79 bits per heavy atom. The average Bonchev–Trinajstić information content (AvgIpc) is 3.24. The zero-order valence-corrected chi connectivity index (χ0v) is 11.3. The molecule has 19 heavy (non-hydrogen) atoms. The standard InChI is InChI=1S/C15H21NO3/c1-19-13-6-3-2-5-12(13)15(8-9-15)11-16-14(18)7-4-10-17/h2-3,5-6,17H,4,7-11H2,1H3,(H,16,18). The van der Waals surface area contributed by atoms with Crippen LogP contribution in [0.3, 0.4) is 0 Å². The first kappa shape index (κ1) is 13.9. The van der Waals surface area contributed by atoms with Crippen LogP contribution < -0.4 is 10.1 Å². The topological polar surface area (TPSA) is 58.6 Å². The second kappa shape index (κ2) is 6.06. The van der Waals surface area contributed by atoms with Gasteiger partial charge in [0.2, 0.25) is 5.91 Å². The number of benzene rings is 1. The number of aliphatic hydroxyl groups is 1. The number of hydrogen-bond donors (Lipinski definition) is 2. The molecule has 1 amide bonds. The fourth-order valence-electron chi connectivity index (χ4n) is 2.37. The third kappa shape index (κ3) is 3.26. The van der Waals surface area contributed by atoms with Crippen molar-refractivity contribution in [2.75, 3.05) is 20.3 Å². The highest BCUT2D eigenvalue weighted by Crippen LogP contribution is 2.50. The number of methoxy groups -OCH3 is 1. The van der Waals surface area contributed by atoms with E-state index < -0.39 is 0 Å². The average molecular weight is 263 g/mol. The fraction of sp³-hybridized carbons (Fsp3) is 0.533. The van der Waals surface area contributed by atoms with Gasteiger partial charge in [-0.1, -0.05) is 18.2 Å². The molecule has 1 aromatic carbocycles. The first-order chi connectivity index (χ1) is 9.22. The first-order valence-electron chi connectivity index (χ1n) is 6.73. The summed E-state index contributed by atoms with van der Waals surface area (Å²) in [5, 5.41) is 11.7. The van der Waals surface area contributed by atoms with Crippen molar-refractivity contribution in [2.24, 2.45) is 0 Å². The Balaban J connectivity index is 1.97. The zero-order chi connectivity index (χ0) is 13.7. The van der Waals surface area contributed by atoms with E-state index in [4.69, 9.17) is 9.84 Å². The summed E-state index contributed by atoms with van der Waals surface area (Å²) < 4.78 is 5.40. The van der Waals surface area contributed by atoms with E-state index in [-0.39, 0.29) is 17.9 Å². The monoisotopic (exact) mass is 263 g/mol. The van der Waals surface area contributed by atoms with Gasteiger partial charge in [-0.3, -0.25) is 4.79 Å². The van der Waals surface area contributed by atoms with Gasteiger partial charge in [-0.25, -0.2) is 0 Å². The second-order valence-corrected chi connectivity index (χ2v) is 5.08. The molecule has 0 spiro atoms. The Morgan fingerprint density at radius 2 is 2.16 bits per heavy atom. The predicted octanol–water partition coefficient (Wildman–Crippen LogP) is 1.62. The molecule has 2 N–H and O–H groups in total. The number of amides is 1. The lowest BCUT2D eigenvalue weighted by Gasteiger charge is -2.19. The maximum Gasteiger partial charge on any atom is 0.220 e. The van der Waals surface area contributed by atoms with E-state index in [0.29, 0.717) is 19.4 Å². The molecule has 4 heteroatoms. The summed E-state index contributed by atoms with van der Waals surface area (Å²) in [6.45, 7) is 0.711. The highest BCUT2D eigenvalue weighted by Gasteiger charge is 2.46. The first-order valence-corrected chi connectivity index (χ1v) is 6.73. The molecule has 2 rings (SSSR count). The van der Waals surface area contributed by atoms with Crippen LogP contribution in [0.1, 0.15) is 31.2 Å². The van der Waals surface area contributed by atoms with Gasteiger partial charge in [-0.2, -0.15) is 0 Å². The number of rotatable bonds is 7. The molecular formula is C15H21NO3. The number of aliphatic hydroxyl groups excluding tert-OH is 1. The molecule has 1 saturated carbocycles. The van der Waals surface area contributed by atoms with E-state index in [0.717, 1.165) is 18.6 Å². The molecule has 0 atom stereocenters. The number of ether oxygens (including phenoxy) is 1. The minimum absolute atomic E-state index is 0.00947. The van der Waals surface area contributed by atoms with Crippen molar-refractivity contribution in [3.05, 3.63) is 29.8 Å². The summed E-state index contributed by atoms with van der Waals surface area (Å²) in [4.78, 5) is 11.6. The Hall–Kier alpha value is -1.55. The molecule has 4 nitrogen and oxygen atoms in total. The maximum absolute atomic E-state index is 11.6. The minimum atomic E-state index is 0.00947. The van der Waals surface area contributed by atoms with E-state index in [1.807, 2.05) is 18.2 Å². The highest BCUT2D eigenvalue weighted by molar-refractivity contribution is 5.76. The van der Waals surface area contributed by atoms with Gasteiger partial charge < -0.3 is 15.2 Å². The molecule has 0 aromatic heterocycles. The van der Waals surface area contributed by atoms with Crippen LogP contribution in [0.4, 0.5) is 0 Å². The van der Waals surface area contributed by atoms with E-state index in [1.54, 1.807) is 7.11 Å². The number of carbonyl (C=O) groups is 1. The second-order valence-electron chi connectivity index (χ2n) is 5.08. The Labute approximate surface area is 113 Å². The Kier molecular flexibility index (Phi) is 4.43. The third-order valence-corrected chi connectivity index (χ3v) is 3.72. The van der Waals surface area contributed by atoms with Gasteiger partial charge in [-0.15, -0.1) is 0 Å². The van der Waals surface area contributed by atoms with Crippen LogP contribution in [-0.2, 0) is 10.2 Å². The van der Waals surface area contributed by atoms with Crippen LogP contribution in [0.2, 0.25) is 0 Å². The van der Waals surface area contributed by atoms with E-state index >= 15 is 0 Å². The van der Waals surface area contributed by atoms with Gasteiger partial charge in [0.1, 0.15) is 5.75 Å². The van der Waals surface area contributed by atoms with E-state index in [1.165, 1.54) is 5.56 Å². The molecule has 0 unspecified atom stereocenters. The van der Waals surface area contributed by atoms with Crippen LogP contribution in [-0.4, -0.2) is 31.3 Å². The molecule has 0 radical (unpaired) electrons. The van der Waals surface area contributed by atoms with Crippen LogP contribution in [0, 0.1) is 0 Å². The summed E-state index contributed by atoms with van der Waals surface area (Å²) in [5.74, 6) is 0.903. The minimum Gasteiger partial charge on any atom is -0.496 e. The molecule has 0 saturated heterocycles. The molecule has 1 aromatic rings. The number of para-hydroxylation sites is 1. The van der Waals surface area contributed by atoms with Crippen LogP contribution in [0.25, 0.3) is 0 Å². The van der Waals surface area contributed by atoms with E-state index in [9.17, 15) is 4.79 Å². The van der Waals surface area contributed by atoms with Crippen molar-refractivity contribution in [3.8, 4) is 5.75 Å². The highest BCUT2D eigenvalue weighted by atomic mass is 16.5. The lowest BCUT2D eigenvalue weighted by atomic mass is 9.95. The predicted molar refractivity (Wildman–Crippen MR) is 73.2 cm³/mol. The van der Waals surface area contributed by atoms with Crippen molar-refractivity contribution in [1.82, 2.24) is 5.32 Å². The third-order valence-electron chi connectivity index (χ3n) is 3.72. The number of carbonyl (C=O) groups excluding carboxylic acids is 1. The quantitative estimate of drug-likeness (QED) is 0.786. The molecular weight excluding hydrogens is 242 g/mol. The number of hydrogen-bond acceptors (Lipinski definition) is 3. The van der Waals surface area contributed by atoms with Crippen LogP contribution >= 0.6 is 0 Å². The zero-order valence-electron chi connectivity index (χ0n) is 11.3. The van der Waals surface area contributed by atoms with Gasteiger partial charge in [0.15, 0.2) is 0 Å². The van der Waals surface area contributed by atoms with Crippen molar-refractivity contribution in [3.63, 3.8) is 0 Å². The summed E-state index contributed by atoms with van der Waals surface area (Å²) >= 11 is 0. The van der Waals surface area contributed by atoms with Gasteiger partial charge in [0.05, 0.1) is 7.11 Å². The SMILES string of the molecule is COc1ccccc1C1(CNC(=O)CCCO)CC1. The van der Waals surface area contributed by atoms with Crippen molar-refractivity contribution in [2.45, 2.75) is 31.1 Å². The van der Waals surface area contributed by atoms with Crippen LogP contribution in [0.15, 0.2) is 24.3 Å². The van der Waals surface area contributed by atoms with Gasteiger partial charge in [-0.05, 0) is 25.3 Å². The molecule has 1 aliphatic rings. The lowest BCUT2D eigenvalue weighted by molar-refractivity contribution is -0.121. The Bertz CT molecular complexity index is 441. The normalized spacial score (nSPS) is 15.9. The van der Waals surface area contributed by atoms with Gasteiger partial charge >= 0.3 is 0 Å². The van der Waals surface area contributed by atoms with Crippen LogP contribution in [0.5, 0.6) is 5.75 Å². The van der Waals surface area contributed by atoms with Gasteiger partial charge in [0.25, 0.3) is 0 Å². The summed E-state index contributed by atoms with van der Waals surface area (Å²) in [6, 6.07) is 8.00. The van der Waals surface area contributed by atoms with Crippen molar-refractivity contribution in [1.29, 1.82) is 0 Å². The molecule has 0 heterocycles. The molecule has 0 bridgehead atoms. The largest absolute Gasteiger partial charge is 0.496 e. The number of nitrogens with one attached hydrogen (secondary N) is 1. The smallest absolute Gasteiger partial charge is 0.220 e. The van der Waals surface area contributed by atoms with Crippen molar-refractivity contribution >= 4 is 5.91 Å². The fourth-order valence-corrected chi connectivity index (χ4v) is 2.37. The van der Waals surface area contributed by atoms with Crippen molar-refractivity contribution < 1.29 is 14.6 Å². The lowest BCUT2D eigenvalue weighted by Crippen LogP contribution is -2.32. The summed E-state index contributed by atoms with van der Waals surface area (Å²) in [7, 11) is 1.68. The van der Waals surface area contributed by atoms with E-state index in [2.05, 4.69) is 11.4 Å². The molecule has 104 valence electrons. The molecule has 1 fully saturated rings. The van der Waals surface area contributed by atoms with Gasteiger partial charge in [0, 0.05) is 30.6 Å². The molecule has 0 aliphatic heterocycles. The Morgan fingerprint density at radius 1 is 1.42 bits per heavy atom. The summed E-state index contributed by atoms with van der Waals surface area (Å²) in [5.41, 5.74) is 1.22. The maximum atomic E-state index is 11.6. The molecule has 1 aliphatic carbocycles.